The average Bonchev–Trinajstić information content (AvgIpc) is 3.70. The number of rotatable bonds is 8. The molecule has 6 rings (SSSR count). The third-order valence-electron chi connectivity index (χ3n) is 8.86. The van der Waals surface area contributed by atoms with E-state index in [4.69, 9.17) is 16.6 Å². The summed E-state index contributed by atoms with van der Waals surface area (Å²) in [7, 11) is 1.76. The molecule has 4 aromatic rings. The van der Waals surface area contributed by atoms with Crippen molar-refractivity contribution in [1.82, 2.24) is 29.7 Å². The molecular formula is C32H34ClF6N9. The van der Waals surface area contributed by atoms with Crippen LogP contribution >= 0.6 is 11.6 Å². The van der Waals surface area contributed by atoms with Crippen molar-refractivity contribution in [2.75, 3.05) is 34.3 Å². The van der Waals surface area contributed by atoms with Crippen molar-refractivity contribution in [3.05, 3.63) is 70.9 Å². The Morgan fingerprint density at radius 2 is 1.54 bits per heavy atom. The van der Waals surface area contributed by atoms with Gasteiger partial charge in [-0.3, -0.25) is 4.68 Å². The molecule has 2 atom stereocenters. The van der Waals surface area contributed by atoms with E-state index in [9.17, 15) is 26.3 Å². The van der Waals surface area contributed by atoms with E-state index in [-0.39, 0.29) is 30.2 Å². The van der Waals surface area contributed by atoms with Gasteiger partial charge < -0.3 is 14.7 Å². The quantitative estimate of drug-likeness (QED) is 0.177. The van der Waals surface area contributed by atoms with Gasteiger partial charge in [-0.15, -0.1) is 0 Å². The SMILES string of the molecule is CC[C@@H]1C[C@H](N(Cc2cc(C(F)(F)F)cc(C(F)(F)F)c2)c2ncc(-c3cnn(C)c3)cn2)CN1c1nc(N2CCCCC2)ncc1Cl. The van der Waals surface area contributed by atoms with E-state index in [1.807, 2.05) is 11.8 Å². The summed E-state index contributed by atoms with van der Waals surface area (Å²) < 4.78 is 84.4. The Morgan fingerprint density at radius 1 is 0.875 bits per heavy atom. The highest BCUT2D eigenvalue weighted by Gasteiger charge is 2.40. The van der Waals surface area contributed by atoms with E-state index in [1.165, 1.54) is 0 Å². The molecule has 0 radical (unpaired) electrons. The molecule has 2 aliphatic rings. The zero-order valence-electron chi connectivity index (χ0n) is 26.3. The smallest absolute Gasteiger partial charge is 0.350 e. The molecule has 9 nitrogen and oxygen atoms in total. The molecule has 256 valence electrons. The molecule has 5 heterocycles. The van der Waals surface area contributed by atoms with Gasteiger partial charge in [-0.2, -0.15) is 36.4 Å². The summed E-state index contributed by atoms with van der Waals surface area (Å²) in [4.78, 5) is 24.3. The standard InChI is InChI=1S/C32H34ClF6N9/c1-3-25-12-26(19-47(25)28-27(33)16-42-30(44-28)46-7-5-4-6-8-46)48(29-40-13-21(14-41-29)22-15-43-45(2)18-22)17-20-9-23(31(34,35)36)11-24(10-20)32(37,38)39/h9-11,13-16,18,25-26H,3-8,12,17,19H2,1-2H3/t25-,26+/m1/s1. The first-order valence-corrected chi connectivity index (χ1v) is 16.1. The highest BCUT2D eigenvalue weighted by molar-refractivity contribution is 6.32. The minimum absolute atomic E-state index is 0.0824. The van der Waals surface area contributed by atoms with Crippen LogP contribution in [0.4, 0.5) is 44.1 Å². The van der Waals surface area contributed by atoms with Gasteiger partial charge in [-0.25, -0.2) is 15.0 Å². The van der Waals surface area contributed by atoms with Crippen LogP contribution in [-0.4, -0.2) is 61.4 Å². The van der Waals surface area contributed by atoms with Gasteiger partial charge in [0, 0.05) is 69.0 Å². The fourth-order valence-corrected chi connectivity index (χ4v) is 6.62. The predicted molar refractivity (Wildman–Crippen MR) is 170 cm³/mol. The van der Waals surface area contributed by atoms with Gasteiger partial charge in [0.25, 0.3) is 0 Å². The van der Waals surface area contributed by atoms with E-state index in [0.29, 0.717) is 41.7 Å². The number of hydrogen-bond donors (Lipinski definition) is 0. The maximum absolute atomic E-state index is 13.8. The Balaban J connectivity index is 1.37. The molecule has 2 saturated heterocycles. The summed E-state index contributed by atoms with van der Waals surface area (Å²) in [5.41, 5.74) is -1.52. The lowest BCUT2D eigenvalue weighted by Crippen LogP contribution is -2.39. The summed E-state index contributed by atoms with van der Waals surface area (Å²) in [6.45, 7) is 3.70. The summed E-state index contributed by atoms with van der Waals surface area (Å²) in [6, 6.07) is 1.15. The van der Waals surface area contributed by atoms with Crippen molar-refractivity contribution in [1.29, 1.82) is 0 Å². The molecule has 16 heteroatoms. The monoisotopic (exact) mass is 693 g/mol. The number of halogens is 7. The van der Waals surface area contributed by atoms with Crippen molar-refractivity contribution < 1.29 is 26.3 Å². The van der Waals surface area contributed by atoms with Crippen LogP contribution in [0.25, 0.3) is 11.1 Å². The number of piperidine rings is 1. The number of aryl methyl sites for hydroxylation is 1. The Kier molecular flexibility index (Phi) is 9.42. The maximum atomic E-state index is 13.8. The van der Waals surface area contributed by atoms with E-state index in [0.717, 1.165) is 50.0 Å². The molecule has 0 N–H and O–H groups in total. The van der Waals surface area contributed by atoms with Crippen molar-refractivity contribution in [2.45, 2.75) is 70.0 Å². The topological polar surface area (TPSA) is 79.1 Å². The lowest BCUT2D eigenvalue weighted by molar-refractivity contribution is -0.143. The third-order valence-corrected chi connectivity index (χ3v) is 9.13. The van der Waals surface area contributed by atoms with Crippen molar-refractivity contribution >= 4 is 29.3 Å². The zero-order chi connectivity index (χ0) is 34.2. The van der Waals surface area contributed by atoms with Gasteiger partial charge in [0.2, 0.25) is 11.9 Å². The van der Waals surface area contributed by atoms with Crippen LogP contribution in [-0.2, 0) is 25.9 Å². The summed E-state index contributed by atoms with van der Waals surface area (Å²) >= 11 is 6.67. The highest BCUT2D eigenvalue weighted by atomic mass is 35.5. The minimum atomic E-state index is -4.98. The van der Waals surface area contributed by atoms with E-state index in [2.05, 4.69) is 25.0 Å². The van der Waals surface area contributed by atoms with Crippen molar-refractivity contribution in [3.8, 4) is 11.1 Å². The first-order valence-electron chi connectivity index (χ1n) is 15.7. The lowest BCUT2D eigenvalue weighted by Gasteiger charge is -2.31. The molecule has 0 spiro atoms. The molecular weight excluding hydrogens is 660 g/mol. The predicted octanol–water partition coefficient (Wildman–Crippen LogP) is 7.41. The molecule has 0 saturated carbocycles. The summed E-state index contributed by atoms with van der Waals surface area (Å²) in [5.74, 6) is 1.27. The molecule has 0 amide bonds. The summed E-state index contributed by atoms with van der Waals surface area (Å²) in [5, 5.41) is 4.51. The normalized spacial score (nSPS) is 18.9. The van der Waals surface area contributed by atoms with Crippen LogP contribution in [0.2, 0.25) is 5.02 Å². The fraction of sp³-hybridized carbons (Fsp3) is 0.469. The molecule has 2 fully saturated rings. The second-order valence-electron chi connectivity index (χ2n) is 12.2. The average molecular weight is 694 g/mol. The van der Waals surface area contributed by atoms with E-state index >= 15 is 0 Å². The maximum Gasteiger partial charge on any atom is 0.416 e. The van der Waals surface area contributed by atoms with Crippen molar-refractivity contribution in [3.63, 3.8) is 0 Å². The van der Waals surface area contributed by atoms with Crippen LogP contribution in [0.5, 0.6) is 0 Å². The third kappa shape index (κ3) is 7.30. The number of hydrogen-bond acceptors (Lipinski definition) is 8. The highest BCUT2D eigenvalue weighted by Crippen LogP contribution is 2.39. The van der Waals surface area contributed by atoms with E-state index in [1.54, 1.807) is 47.6 Å². The number of nitrogens with zero attached hydrogens (tertiary/aromatic N) is 9. The summed E-state index contributed by atoms with van der Waals surface area (Å²) in [6.07, 6.45) is 2.57. The first-order chi connectivity index (χ1) is 22.8. The number of alkyl halides is 6. The fourth-order valence-electron chi connectivity index (χ4n) is 6.42. The number of aromatic nitrogens is 6. The molecule has 0 aliphatic carbocycles. The molecule has 3 aromatic heterocycles. The van der Waals surface area contributed by atoms with Gasteiger partial charge in [-0.1, -0.05) is 18.5 Å². The molecule has 1 aromatic carbocycles. The zero-order valence-corrected chi connectivity index (χ0v) is 27.1. The van der Waals surface area contributed by atoms with Gasteiger partial charge in [0.15, 0.2) is 5.82 Å². The molecule has 0 bridgehead atoms. The Bertz CT molecular complexity index is 1690. The van der Waals surface area contributed by atoms with Crippen LogP contribution in [0.3, 0.4) is 0 Å². The second-order valence-corrected chi connectivity index (χ2v) is 12.6. The second kappa shape index (κ2) is 13.4. The van der Waals surface area contributed by atoms with Crippen LogP contribution in [0, 0.1) is 0 Å². The Hall–Kier alpha value is -4.14. The molecule has 0 unspecified atom stereocenters. The van der Waals surface area contributed by atoms with Gasteiger partial charge in [-0.05, 0) is 55.9 Å². The van der Waals surface area contributed by atoms with Gasteiger partial charge in [0.1, 0.15) is 5.02 Å². The first kappa shape index (κ1) is 33.7. The van der Waals surface area contributed by atoms with Crippen LogP contribution < -0.4 is 14.7 Å². The lowest BCUT2D eigenvalue weighted by atomic mass is 10.0. The van der Waals surface area contributed by atoms with Crippen LogP contribution in [0.15, 0.2) is 49.2 Å². The number of anilines is 3. The largest absolute Gasteiger partial charge is 0.416 e. The van der Waals surface area contributed by atoms with Gasteiger partial charge in [0.05, 0.1) is 29.6 Å². The van der Waals surface area contributed by atoms with Gasteiger partial charge >= 0.3 is 12.4 Å². The number of benzene rings is 1. The minimum Gasteiger partial charge on any atom is -0.350 e. The molecule has 2 aliphatic heterocycles. The molecule has 48 heavy (non-hydrogen) atoms. The Labute approximate surface area is 278 Å². The Morgan fingerprint density at radius 3 is 2.12 bits per heavy atom. The van der Waals surface area contributed by atoms with Crippen LogP contribution in [0.1, 0.15) is 55.7 Å². The van der Waals surface area contributed by atoms with E-state index < -0.39 is 29.5 Å². The van der Waals surface area contributed by atoms with Crippen molar-refractivity contribution in [2.24, 2.45) is 7.05 Å².